The van der Waals surface area contributed by atoms with E-state index < -0.39 is 5.91 Å². The van der Waals surface area contributed by atoms with Gasteiger partial charge in [0, 0.05) is 5.69 Å². The highest BCUT2D eigenvalue weighted by molar-refractivity contribution is 5.93. The molecule has 0 radical (unpaired) electrons. The van der Waals surface area contributed by atoms with E-state index in [1.807, 2.05) is 38.1 Å². The third kappa shape index (κ3) is 6.46. The molecule has 2 N–H and O–H groups in total. The van der Waals surface area contributed by atoms with Crippen LogP contribution in [0.4, 0.5) is 5.69 Å². The maximum Gasteiger partial charge on any atom is 0.307 e. The van der Waals surface area contributed by atoms with E-state index in [1.165, 1.54) is 12.5 Å². The lowest BCUT2D eigenvalue weighted by atomic mass is 10.2. The molecule has 3 rings (SSSR count). The van der Waals surface area contributed by atoms with Crippen LogP contribution in [-0.4, -0.2) is 31.2 Å². The second kappa shape index (κ2) is 10.6. The molecule has 0 fully saturated rings. The van der Waals surface area contributed by atoms with E-state index in [9.17, 15) is 9.59 Å². The van der Waals surface area contributed by atoms with E-state index >= 15 is 0 Å². The number of ether oxygens (including phenoxy) is 2. The quantitative estimate of drug-likeness (QED) is 0.404. The van der Waals surface area contributed by atoms with Crippen molar-refractivity contribution in [3.63, 3.8) is 0 Å². The first-order valence-corrected chi connectivity index (χ1v) is 9.68. The van der Waals surface area contributed by atoms with Gasteiger partial charge in [-0.1, -0.05) is 17.7 Å². The molecule has 0 aliphatic carbocycles. The second-order valence-electron chi connectivity index (χ2n) is 6.52. The summed E-state index contributed by atoms with van der Waals surface area (Å²) in [7, 11) is 0. The molecule has 1 heterocycles. The zero-order valence-electron chi connectivity index (χ0n) is 17.3. The third-order valence-electron chi connectivity index (χ3n) is 4.09. The fourth-order valence-corrected chi connectivity index (χ4v) is 2.60. The number of hydrazone groups is 1. The Morgan fingerprint density at radius 1 is 1.06 bits per heavy atom. The van der Waals surface area contributed by atoms with Crippen molar-refractivity contribution in [3.8, 4) is 11.5 Å². The molecular weight excluding hydrogens is 398 g/mol. The van der Waals surface area contributed by atoms with Crippen LogP contribution < -0.4 is 20.2 Å². The average Bonchev–Trinajstić information content (AvgIpc) is 3.30. The molecule has 1 aromatic heterocycles. The van der Waals surface area contributed by atoms with Gasteiger partial charge in [0.2, 0.25) is 0 Å². The van der Waals surface area contributed by atoms with Crippen molar-refractivity contribution < 1.29 is 23.5 Å². The number of carbonyl (C=O) groups is 2. The maximum absolute atomic E-state index is 12.2. The van der Waals surface area contributed by atoms with Crippen molar-refractivity contribution in [2.45, 2.75) is 13.8 Å². The van der Waals surface area contributed by atoms with E-state index in [0.29, 0.717) is 29.4 Å². The smallest absolute Gasteiger partial charge is 0.307 e. The van der Waals surface area contributed by atoms with Crippen molar-refractivity contribution in [2.24, 2.45) is 5.10 Å². The fraction of sp³-hybridized carbons (Fsp3) is 0.174. The van der Waals surface area contributed by atoms with Gasteiger partial charge in [0.05, 0.1) is 19.1 Å². The minimum Gasteiger partial charge on any atom is -0.490 e. The highest BCUT2D eigenvalue weighted by Crippen LogP contribution is 2.28. The van der Waals surface area contributed by atoms with Crippen molar-refractivity contribution in [1.82, 2.24) is 5.43 Å². The van der Waals surface area contributed by atoms with Gasteiger partial charge in [-0.05, 0) is 61.9 Å². The summed E-state index contributed by atoms with van der Waals surface area (Å²) >= 11 is 0. The summed E-state index contributed by atoms with van der Waals surface area (Å²) in [4.78, 5) is 24.0. The van der Waals surface area contributed by atoms with Gasteiger partial charge in [0.1, 0.15) is 0 Å². The predicted molar refractivity (Wildman–Crippen MR) is 117 cm³/mol. The van der Waals surface area contributed by atoms with Gasteiger partial charge in [0.15, 0.2) is 23.9 Å². The van der Waals surface area contributed by atoms with Crippen LogP contribution in [0.15, 0.2) is 70.4 Å². The third-order valence-corrected chi connectivity index (χ3v) is 4.09. The SMILES string of the molecule is CCOc1cc(/C=N/NC(=O)c2ccco2)ccc1OCC(=O)Nc1ccc(C)cc1. The molecule has 0 saturated heterocycles. The van der Waals surface area contributed by atoms with Crippen LogP contribution >= 0.6 is 0 Å². The molecule has 0 unspecified atom stereocenters. The summed E-state index contributed by atoms with van der Waals surface area (Å²) < 4.78 is 16.2. The van der Waals surface area contributed by atoms with E-state index in [-0.39, 0.29) is 18.3 Å². The highest BCUT2D eigenvalue weighted by Gasteiger charge is 2.10. The van der Waals surface area contributed by atoms with Gasteiger partial charge in [-0.2, -0.15) is 5.10 Å². The molecule has 0 saturated carbocycles. The fourth-order valence-electron chi connectivity index (χ4n) is 2.60. The Morgan fingerprint density at radius 3 is 2.58 bits per heavy atom. The molecule has 8 heteroatoms. The molecule has 0 atom stereocenters. The number of benzene rings is 2. The number of aryl methyl sites for hydroxylation is 1. The van der Waals surface area contributed by atoms with Crippen LogP contribution in [-0.2, 0) is 4.79 Å². The van der Waals surface area contributed by atoms with Gasteiger partial charge >= 0.3 is 5.91 Å². The van der Waals surface area contributed by atoms with Crippen molar-refractivity contribution in [3.05, 3.63) is 77.7 Å². The normalized spacial score (nSPS) is 10.6. The first kappa shape index (κ1) is 21.6. The topological polar surface area (TPSA) is 102 Å². The Kier molecular flexibility index (Phi) is 7.42. The summed E-state index contributed by atoms with van der Waals surface area (Å²) in [5, 5.41) is 6.69. The van der Waals surface area contributed by atoms with Crippen LogP contribution in [0, 0.1) is 6.92 Å². The van der Waals surface area contributed by atoms with Crippen LogP contribution in [0.25, 0.3) is 0 Å². The molecular formula is C23H23N3O5. The molecule has 2 amide bonds. The molecule has 3 aromatic rings. The van der Waals surface area contributed by atoms with Gasteiger partial charge in [-0.25, -0.2) is 5.43 Å². The number of furan rings is 1. The number of rotatable bonds is 9. The minimum atomic E-state index is -0.453. The second-order valence-corrected chi connectivity index (χ2v) is 6.52. The van der Waals surface area contributed by atoms with Gasteiger partial charge in [-0.3, -0.25) is 9.59 Å². The number of nitrogens with zero attached hydrogens (tertiary/aromatic N) is 1. The number of nitrogens with one attached hydrogen (secondary N) is 2. The summed E-state index contributed by atoms with van der Waals surface area (Å²) in [6.07, 6.45) is 2.88. The van der Waals surface area contributed by atoms with Gasteiger partial charge < -0.3 is 19.2 Å². The Labute approximate surface area is 179 Å². The van der Waals surface area contributed by atoms with E-state index in [0.717, 1.165) is 5.56 Å². The summed E-state index contributed by atoms with van der Waals surface area (Å²) in [6, 6.07) is 15.8. The Bertz CT molecular complexity index is 1040. The first-order chi connectivity index (χ1) is 15.0. The van der Waals surface area contributed by atoms with E-state index in [2.05, 4.69) is 15.8 Å². The van der Waals surface area contributed by atoms with Crippen molar-refractivity contribution in [1.29, 1.82) is 0 Å². The molecule has 8 nitrogen and oxygen atoms in total. The highest BCUT2D eigenvalue weighted by atomic mass is 16.5. The lowest BCUT2D eigenvalue weighted by Crippen LogP contribution is -2.20. The Morgan fingerprint density at radius 2 is 1.87 bits per heavy atom. The van der Waals surface area contributed by atoms with Crippen LogP contribution in [0.1, 0.15) is 28.6 Å². The van der Waals surface area contributed by atoms with Gasteiger partial charge in [-0.15, -0.1) is 0 Å². The molecule has 31 heavy (non-hydrogen) atoms. The number of carbonyl (C=O) groups excluding carboxylic acids is 2. The van der Waals surface area contributed by atoms with Crippen LogP contribution in [0.3, 0.4) is 0 Å². The van der Waals surface area contributed by atoms with E-state index in [4.69, 9.17) is 13.9 Å². The maximum atomic E-state index is 12.2. The van der Waals surface area contributed by atoms with Crippen molar-refractivity contribution >= 4 is 23.7 Å². The lowest BCUT2D eigenvalue weighted by molar-refractivity contribution is -0.118. The largest absolute Gasteiger partial charge is 0.490 e. The van der Waals surface area contributed by atoms with Gasteiger partial charge in [0.25, 0.3) is 5.91 Å². The Hall–Kier alpha value is -4.07. The Balaban J connectivity index is 1.58. The molecule has 0 bridgehead atoms. The van der Waals surface area contributed by atoms with Crippen LogP contribution in [0.2, 0.25) is 0 Å². The van der Waals surface area contributed by atoms with E-state index in [1.54, 1.807) is 30.3 Å². The number of anilines is 1. The summed E-state index contributed by atoms with van der Waals surface area (Å²) in [6.45, 7) is 4.08. The van der Waals surface area contributed by atoms with Crippen LogP contribution in [0.5, 0.6) is 11.5 Å². The summed E-state index contributed by atoms with van der Waals surface area (Å²) in [5.41, 5.74) is 4.87. The average molecular weight is 421 g/mol. The number of hydrogen-bond donors (Lipinski definition) is 2. The number of hydrogen-bond acceptors (Lipinski definition) is 6. The molecule has 2 aromatic carbocycles. The zero-order valence-corrected chi connectivity index (χ0v) is 17.3. The monoisotopic (exact) mass is 421 g/mol. The van der Waals surface area contributed by atoms with Crippen molar-refractivity contribution in [2.75, 3.05) is 18.5 Å². The first-order valence-electron chi connectivity index (χ1n) is 9.68. The molecule has 0 aliphatic heterocycles. The predicted octanol–water partition coefficient (Wildman–Crippen LogP) is 3.77. The molecule has 160 valence electrons. The lowest BCUT2D eigenvalue weighted by Gasteiger charge is -2.12. The minimum absolute atomic E-state index is 0.166. The molecule has 0 spiro atoms. The number of amides is 2. The summed E-state index contributed by atoms with van der Waals surface area (Å²) in [5.74, 6) is 0.327. The standard InChI is InChI=1S/C23H23N3O5/c1-3-29-21-13-17(14-24-26-23(28)20-5-4-12-30-20)8-11-19(21)31-15-22(27)25-18-9-6-16(2)7-10-18/h4-14H,3,15H2,1-2H3,(H,25,27)(H,26,28)/b24-14+. The molecule has 0 aliphatic rings. The zero-order chi connectivity index (χ0) is 22.1.